The topological polar surface area (TPSA) is 189 Å². The van der Waals surface area contributed by atoms with E-state index in [1.54, 1.807) is 0 Å². The zero-order valence-corrected chi connectivity index (χ0v) is 49.8. The first-order valence-corrected chi connectivity index (χ1v) is 33.1. The van der Waals surface area contributed by atoms with Crippen LogP contribution in [-0.4, -0.2) is 110 Å². The molecule has 76 heavy (non-hydrogen) atoms. The first-order valence-electron chi connectivity index (χ1n) is 33.1. The third-order valence-electron chi connectivity index (χ3n) is 16.3. The van der Waals surface area contributed by atoms with Crippen LogP contribution in [0.4, 0.5) is 0 Å². The van der Waals surface area contributed by atoms with Gasteiger partial charge in [0.15, 0.2) is 6.29 Å². The van der Waals surface area contributed by atoms with Crippen molar-refractivity contribution in [1.82, 2.24) is 5.32 Å². The van der Waals surface area contributed by atoms with Gasteiger partial charge in [-0.05, 0) is 38.5 Å². The Kier molecular flexibility index (Phi) is 52.2. The molecule has 11 heteroatoms. The second kappa shape index (κ2) is 54.4. The Morgan fingerprint density at radius 2 is 0.776 bits per heavy atom. The lowest BCUT2D eigenvalue weighted by atomic mass is 9.98. The summed E-state index contributed by atoms with van der Waals surface area (Å²) in [4.78, 5) is 13.2. The summed E-state index contributed by atoms with van der Waals surface area (Å²) in [5.74, 6) is -0.699. The molecule has 0 aromatic heterocycles. The zero-order chi connectivity index (χ0) is 55.4. The van der Waals surface area contributed by atoms with Gasteiger partial charge < -0.3 is 50.5 Å². The van der Waals surface area contributed by atoms with E-state index in [2.05, 4.69) is 31.3 Å². The van der Waals surface area contributed by atoms with Crippen molar-refractivity contribution in [2.75, 3.05) is 13.2 Å². The molecule has 0 bridgehead atoms. The molecule has 9 unspecified atom stereocenters. The quantitative estimate of drug-likeness (QED) is 0.0215. The Morgan fingerprint density at radius 1 is 0.447 bits per heavy atom. The molecule has 0 aromatic rings. The maximum atomic E-state index is 13.2. The monoisotopic (exact) mass is 1080 g/mol. The lowest BCUT2D eigenvalue weighted by molar-refractivity contribution is -0.303. The van der Waals surface area contributed by atoms with E-state index in [0.29, 0.717) is 12.8 Å². The van der Waals surface area contributed by atoms with Crippen LogP contribution < -0.4 is 5.32 Å². The van der Waals surface area contributed by atoms with Gasteiger partial charge in [-0.15, -0.1) is 0 Å². The second-order valence-corrected chi connectivity index (χ2v) is 23.5. The molecule has 11 nitrogen and oxygen atoms in total. The Morgan fingerprint density at radius 3 is 1.13 bits per heavy atom. The molecule has 1 heterocycles. The van der Waals surface area contributed by atoms with Gasteiger partial charge in [0.05, 0.1) is 25.4 Å². The molecule has 1 saturated heterocycles. The molecule has 1 rings (SSSR count). The van der Waals surface area contributed by atoms with Gasteiger partial charge in [0, 0.05) is 0 Å². The number of carbonyl (C=O) groups is 1. The van der Waals surface area contributed by atoms with E-state index in [9.17, 15) is 40.5 Å². The van der Waals surface area contributed by atoms with E-state index in [-0.39, 0.29) is 12.8 Å². The Bertz CT molecular complexity index is 1240. The predicted octanol–water partition coefficient (Wildman–Crippen LogP) is 15.1. The molecule has 1 aliphatic rings. The zero-order valence-electron chi connectivity index (χ0n) is 49.8. The molecule has 1 fully saturated rings. The summed E-state index contributed by atoms with van der Waals surface area (Å²) in [6.07, 6.45) is 54.3. The van der Waals surface area contributed by atoms with Crippen LogP contribution >= 0.6 is 0 Å². The van der Waals surface area contributed by atoms with Crippen LogP contribution in [0.25, 0.3) is 0 Å². The highest BCUT2D eigenvalue weighted by Gasteiger charge is 2.44. The molecule has 0 aromatic carbocycles. The maximum absolute atomic E-state index is 13.2. The van der Waals surface area contributed by atoms with E-state index < -0.39 is 74.2 Å². The minimum Gasteiger partial charge on any atom is -0.394 e. The molecule has 0 aliphatic carbocycles. The third kappa shape index (κ3) is 41.8. The van der Waals surface area contributed by atoms with Crippen LogP contribution in [0.15, 0.2) is 12.2 Å². The van der Waals surface area contributed by atoms with Crippen LogP contribution in [0.2, 0.25) is 0 Å². The predicted molar refractivity (Wildman–Crippen MR) is 316 cm³/mol. The molecule has 0 spiro atoms. The molecule has 1 aliphatic heterocycles. The van der Waals surface area contributed by atoms with Gasteiger partial charge in [-0.1, -0.05) is 302 Å². The van der Waals surface area contributed by atoms with Crippen molar-refractivity contribution in [3.63, 3.8) is 0 Å². The van der Waals surface area contributed by atoms with Gasteiger partial charge in [0.1, 0.15) is 36.6 Å². The molecule has 0 radical (unpaired) electrons. The van der Waals surface area contributed by atoms with E-state index in [0.717, 1.165) is 38.5 Å². The van der Waals surface area contributed by atoms with Crippen LogP contribution in [0.3, 0.4) is 0 Å². The van der Waals surface area contributed by atoms with Crippen LogP contribution in [0.1, 0.15) is 328 Å². The third-order valence-corrected chi connectivity index (χ3v) is 16.3. The number of carbonyl (C=O) groups excluding carboxylic acids is 1. The summed E-state index contributed by atoms with van der Waals surface area (Å²) < 4.78 is 11.2. The Balaban J connectivity index is 2.25. The first-order chi connectivity index (χ1) is 37.2. The van der Waals surface area contributed by atoms with E-state index in [1.807, 2.05) is 0 Å². The summed E-state index contributed by atoms with van der Waals surface area (Å²) in [5.41, 5.74) is 0. The van der Waals surface area contributed by atoms with Crippen molar-refractivity contribution in [2.45, 2.75) is 384 Å². The van der Waals surface area contributed by atoms with Crippen LogP contribution in [-0.2, 0) is 14.3 Å². The van der Waals surface area contributed by atoms with E-state index >= 15 is 0 Å². The second-order valence-electron chi connectivity index (χ2n) is 23.5. The van der Waals surface area contributed by atoms with Gasteiger partial charge >= 0.3 is 0 Å². The fourth-order valence-electron chi connectivity index (χ4n) is 11.0. The van der Waals surface area contributed by atoms with Crippen molar-refractivity contribution >= 4 is 5.91 Å². The average molecular weight is 1080 g/mol. The number of aliphatic hydroxyl groups is 7. The fourth-order valence-corrected chi connectivity index (χ4v) is 11.0. The van der Waals surface area contributed by atoms with Gasteiger partial charge in [0.2, 0.25) is 5.91 Å². The largest absolute Gasteiger partial charge is 0.394 e. The number of amides is 1. The number of hydrogen-bond acceptors (Lipinski definition) is 10. The average Bonchev–Trinajstić information content (AvgIpc) is 3.42. The summed E-state index contributed by atoms with van der Waals surface area (Å²) in [7, 11) is 0. The van der Waals surface area contributed by atoms with Crippen molar-refractivity contribution in [2.24, 2.45) is 0 Å². The molecule has 8 N–H and O–H groups in total. The van der Waals surface area contributed by atoms with E-state index in [4.69, 9.17) is 9.47 Å². The molecular weight excluding hydrogens is 955 g/mol. The van der Waals surface area contributed by atoms with Crippen LogP contribution in [0.5, 0.6) is 0 Å². The lowest BCUT2D eigenvalue weighted by Gasteiger charge is -2.40. The number of aliphatic hydroxyl groups excluding tert-OH is 7. The number of ether oxygens (including phenoxy) is 2. The van der Waals surface area contributed by atoms with Crippen molar-refractivity contribution in [3.8, 4) is 0 Å². The van der Waals surface area contributed by atoms with Gasteiger partial charge in [-0.3, -0.25) is 4.79 Å². The highest BCUT2D eigenvalue weighted by Crippen LogP contribution is 2.24. The van der Waals surface area contributed by atoms with Crippen molar-refractivity contribution in [3.05, 3.63) is 12.2 Å². The Hall–Kier alpha value is -1.15. The van der Waals surface area contributed by atoms with Crippen molar-refractivity contribution in [1.29, 1.82) is 0 Å². The minimum atomic E-state index is -1.67. The summed E-state index contributed by atoms with van der Waals surface area (Å²) >= 11 is 0. The Labute approximate surface area is 468 Å². The fraction of sp³-hybridized carbons (Fsp3) is 0.954. The van der Waals surface area contributed by atoms with Crippen molar-refractivity contribution < 1.29 is 50.0 Å². The molecular formula is C65H127NO10. The first kappa shape index (κ1) is 72.9. The van der Waals surface area contributed by atoms with Gasteiger partial charge in [-0.25, -0.2) is 0 Å². The number of rotatable bonds is 58. The highest BCUT2D eigenvalue weighted by molar-refractivity contribution is 5.80. The van der Waals surface area contributed by atoms with Gasteiger partial charge in [0.25, 0.3) is 0 Å². The molecule has 1 amide bonds. The van der Waals surface area contributed by atoms with E-state index in [1.165, 1.54) is 250 Å². The maximum Gasteiger partial charge on any atom is 0.249 e. The summed E-state index contributed by atoms with van der Waals surface area (Å²) in [6, 6.07) is -1.18. The number of nitrogens with one attached hydrogen (secondary N) is 1. The lowest BCUT2D eigenvalue weighted by Crippen LogP contribution is -2.60. The molecule has 0 saturated carbocycles. The molecule has 452 valence electrons. The van der Waals surface area contributed by atoms with Crippen LogP contribution in [0, 0.1) is 0 Å². The summed E-state index contributed by atoms with van der Waals surface area (Å²) in [5, 5.41) is 76.4. The summed E-state index contributed by atoms with van der Waals surface area (Å²) in [6.45, 7) is 3.50. The standard InChI is InChI=1S/C65H127NO10/c1-3-5-7-9-11-13-15-17-19-21-23-25-27-28-29-31-32-34-36-38-40-42-44-46-48-50-52-57(68)60(70)56(55-75-65-63(73)62(72)61(71)59(54-67)76-65)66-64(74)58(69)53-51-49-47-45-43-41-39-37-35-33-30-26-24-22-20-18-16-14-12-10-8-6-4-2/h44,46,56-63,65,67-73H,3-43,45,47-55H2,1-2H3,(H,66,74)/b46-44+. The van der Waals surface area contributed by atoms with Gasteiger partial charge in [-0.2, -0.15) is 0 Å². The smallest absolute Gasteiger partial charge is 0.249 e. The highest BCUT2D eigenvalue weighted by atomic mass is 16.7. The number of hydrogen-bond donors (Lipinski definition) is 8. The molecule has 9 atom stereocenters. The SMILES string of the molecule is CCCCCCCCCCCCCCCCCCCCCCC/C=C/CCCC(O)C(O)C(COC1OC(CO)C(O)C(O)C1O)NC(=O)C(O)CCCCCCCCCCCCCCCCCCCCCCCCC. The number of unbranched alkanes of at least 4 members (excludes halogenated alkanes) is 44. The normalized spacial score (nSPS) is 19.6. The minimum absolute atomic E-state index is 0.260. The number of allylic oxidation sites excluding steroid dienone is 2.